The number of nitro groups is 1. The summed E-state index contributed by atoms with van der Waals surface area (Å²) in [7, 11) is 1.62. The highest BCUT2D eigenvalue weighted by Crippen LogP contribution is 2.27. The van der Waals surface area contributed by atoms with Gasteiger partial charge in [0.15, 0.2) is 5.69 Å². The van der Waals surface area contributed by atoms with Crippen molar-refractivity contribution in [2.75, 3.05) is 11.9 Å². The molecule has 2 aromatic rings. The number of carbonyl (C=O) groups is 1. The van der Waals surface area contributed by atoms with Gasteiger partial charge in [-0.2, -0.15) is 5.10 Å². The van der Waals surface area contributed by atoms with Crippen LogP contribution >= 0.6 is 11.3 Å². The molecule has 21 heavy (non-hydrogen) atoms. The lowest BCUT2D eigenvalue weighted by Gasteiger charge is -2.04. The maximum Gasteiger partial charge on any atom is 0.355 e. The standard InChI is InChI=1S/C11H13N5O4S/c1-6-9(16(19)20)10(15(2)14-6)12-4-3-8-13-7(5-21-8)11(17)18/h5,12H,3-4H2,1-2H3,(H,17,18). The topological polar surface area (TPSA) is 123 Å². The lowest BCUT2D eigenvalue weighted by molar-refractivity contribution is -0.384. The number of thiazole rings is 1. The van der Waals surface area contributed by atoms with Crippen LogP contribution in [0.15, 0.2) is 5.38 Å². The molecule has 0 atom stereocenters. The largest absolute Gasteiger partial charge is 0.476 e. The van der Waals surface area contributed by atoms with Gasteiger partial charge in [0, 0.05) is 25.4 Å². The zero-order valence-electron chi connectivity index (χ0n) is 11.4. The predicted octanol–water partition coefficient (Wildman–Crippen LogP) is 1.45. The van der Waals surface area contributed by atoms with E-state index in [1.807, 2.05) is 0 Å². The molecule has 0 aliphatic rings. The van der Waals surface area contributed by atoms with E-state index >= 15 is 0 Å². The van der Waals surface area contributed by atoms with E-state index < -0.39 is 10.9 Å². The molecule has 0 radical (unpaired) electrons. The Hall–Kier alpha value is -2.49. The number of nitrogens with zero attached hydrogens (tertiary/aromatic N) is 4. The summed E-state index contributed by atoms with van der Waals surface area (Å²) >= 11 is 1.24. The number of aryl methyl sites for hydroxylation is 2. The normalized spacial score (nSPS) is 10.6. The van der Waals surface area contributed by atoms with Crippen LogP contribution in [0.2, 0.25) is 0 Å². The summed E-state index contributed by atoms with van der Waals surface area (Å²) in [6.07, 6.45) is 0.472. The van der Waals surface area contributed by atoms with Crippen molar-refractivity contribution in [1.82, 2.24) is 14.8 Å². The summed E-state index contributed by atoms with van der Waals surface area (Å²) < 4.78 is 1.41. The van der Waals surface area contributed by atoms with Gasteiger partial charge >= 0.3 is 11.7 Å². The van der Waals surface area contributed by atoms with Crippen LogP contribution < -0.4 is 5.32 Å². The lowest BCUT2D eigenvalue weighted by Crippen LogP contribution is -2.10. The molecule has 2 heterocycles. The van der Waals surface area contributed by atoms with Crippen molar-refractivity contribution in [2.24, 2.45) is 7.05 Å². The van der Waals surface area contributed by atoms with Crippen LogP contribution in [0.4, 0.5) is 11.5 Å². The Bertz CT molecular complexity index is 693. The summed E-state index contributed by atoms with van der Waals surface area (Å²) in [5.74, 6) is -0.740. The van der Waals surface area contributed by atoms with Crippen molar-refractivity contribution in [3.63, 3.8) is 0 Å². The fraction of sp³-hybridized carbons (Fsp3) is 0.364. The number of aromatic carboxylic acids is 1. The fourth-order valence-electron chi connectivity index (χ4n) is 1.88. The molecule has 0 spiro atoms. The van der Waals surface area contributed by atoms with Gasteiger partial charge in [-0.25, -0.2) is 14.5 Å². The number of hydrogen-bond acceptors (Lipinski definition) is 7. The van der Waals surface area contributed by atoms with E-state index in [2.05, 4.69) is 15.4 Å². The molecule has 9 nitrogen and oxygen atoms in total. The average molecular weight is 311 g/mol. The Morgan fingerprint density at radius 3 is 2.90 bits per heavy atom. The second kappa shape index (κ2) is 5.87. The third kappa shape index (κ3) is 3.16. The van der Waals surface area contributed by atoms with Crippen LogP contribution in [0.25, 0.3) is 0 Å². The Kier molecular flexibility index (Phi) is 4.17. The van der Waals surface area contributed by atoms with Gasteiger partial charge in [0.25, 0.3) is 0 Å². The monoisotopic (exact) mass is 311 g/mol. The van der Waals surface area contributed by atoms with Crippen LogP contribution in [0, 0.1) is 17.0 Å². The Morgan fingerprint density at radius 2 is 2.33 bits per heavy atom. The first-order valence-electron chi connectivity index (χ1n) is 5.99. The molecule has 2 aromatic heterocycles. The Labute approximate surface area is 123 Å². The predicted molar refractivity (Wildman–Crippen MR) is 75.9 cm³/mol. The third-order valence-corrected chi connectivity index (χ3v) is 3.68. The van der Waals surface area contributed by atoms with Crippen molar-refractivity contribution in [2.45, 2.75) is 13.3 Å². The highest BCUT2D eigenvalue weighted by atomic mass is 32.1. The van der Waals surface area contributed by atoms with Crippen LogP contribution in [-0.4, -0.2) is 37.3 Å². The molecule has 0 fully saturated rings. The van der Waals surface area contributed by atoms with Crippen molar-refractivity contribution >= 4 is 28.8 Å². The third-order valence-electron chi connectivity index (χ3n) is 2.78. The van der Waals surface area contributed by atoms with Crippen LogP contribution in [0.1, 0.15) is 21.2 Å². The molecule has 0 amide bonds. The zero-order valence-corrected chi connectivity index (χ0v) is 12.2. The van der Waals surface area contributed by atoms with E-state index in [1.54, 1.807) is 14.0 Å². The average Bonchev–Trinajstić information content (AvgIpc) is 2.95. The molecular weight excluding hydrogens is 298 g/mol. The smallest absolute Gasteiger partial charge is 0.355 e. The SMILES string of the molecule is Cc1nn(C)c(NCCc2nc(C(=O)O)cs2)c1[N+](=O)[O-]. The molecule has 0 saturated heterocycles. The van der Waals surface area contributed by atoms with Crippen LogP contribution in [0.3, 0.4) is 0 Å². The molecule has 2 N–H and O–H groups in total. The molecule has 112 valence electrons. The molecule has 0 aromatic carbocycles. The quantitative estimate of drug-likeness (QED) is 0.611. The molecule has 0 aliphatic heterocycles. The first-order valence-corrected chi connectivity index (χ1v) is 6.87. The summed E-state index contributed by atoms with van der Waals surface area (Å²) in [4.78, 5) is 25.2. The Morgan fingerprint density at radius 1 is 1.62 bits per heavy atom. The van der Waals surface area contributed by atoms with Crippen molar-refractivity contribution in [3.05, 3.63) is 31.9 Å². The minimum atomic E-state index is -1.07. The highest BCUT2D eigenvalue weighted by molar-refractivity contribution is 7.09. The van der Waals surface area contributed by atoms with E-state index in [9.17, 15) is 14.9 Å². The van der Waals surface area contributed by atoms with Gasteiger partial charge in [-0.3, -0.25) is 10.1 Å². The minimum Gasteiger partial charge on any atom is -0.476 e. The minimum absolute atomic E-state index is 0.0114. The Balaban J connectivity index is 2.03. The first kappa shape index (κ1) is 14.9. The van der Waals surface area contributed by atoms with Gasteiger partial charge in [-0.1, -0.05) is 0 Å². The molecule has 0 unspecified atom stereocenters. The molecule has 10 heteroatoms. The maximum absolute atomic E-state index is 11.0. The molecule has 0 bridgehead atoms. The van der Waals surface area contributed by atoms with Gasteiger partial charge in [0.05, 0.1) is 9.93 Å². The molecule has 2 rings (SSSR count). The van der Waals surface area contributed by atoms with Gasteiger partial charge in [0.2, 0.25) is 5.82 Å². The van der Waals surface area contributed by atoms with E-state index in [1.165, 1.54) is 21.4 Å². The van der Waals surface area contributed by atoms with Gasteiger partial charge in [-0.15, -0.1) is 11.3 Å². The summed E-state index contributed by atoms with van der Waals surface area (Å²) in [5.41, 5.74) is 0.299. The zero-order chi connectivity index (χ0) is 15.6. The summed E-state index contributed by atoms with van der Waals surface area (Å²) in [6.45, 7) is 1.97. The lowest BCUT2D eigenvalue weighted by atomic mass is 10.3. The van der Waals surface area contributed by atoms with E-state index in [-0.39, 0.29) is 11.4 Å². The first-order chi connectivity index (χ1) is 9.90. The highest BCUT2D eigenvalue weighted by Gasteiger charge is 2.23. The molecular formula is C11H13N5O4S. The fourth-order valence-corrected chi connectivity index (χ4v) is 2.65. The van der Waals surface area contributed by atoms with Gasteiger partial charge < -0.3 is 10.4 Å². The van der Waals surface area contributed by atoms with E-state index in [4.69, 9.17) is 5.11 Å². The van der Waals surface area contributed by atoms with Gasteiger partial charge in [-0.05, 0) is 6.92 Å². The second-order valence-corrected chi connectivity index (χ2v) is 5.21. The maximum atomic E-state index is 11.0. The van der Waals surface area contributed by atoms with E-state index in [0.717, 1.165) is 0 Å². The second-order valence-electron chi connectivity index (χ2n) is 4.27. The number of anilines is 1. The molecule has 0 saturated carbocycles. The van der Waals surface area contributed by atoms with Crippen molar-refractivity contribution in [3.8, 4) is 0 Å². The number of carboxylic acid groups (broad SMARTS) is 1. The van der Waals surface area contributed by atoms with Crippen LogP contribution in [0.5, 0.6) is 0 Å². The van der Waals surface area contributed by atoms with Crippen molar-refractivity contribution in [1.29, 1.82) is 0 Å². The van der Waals surface area contributed by atoms with E-state index in [0.29, 0.717) is 29.5 Å². The number of nitrogens with one attached hydrogen (secondary N) is 1. The molecule has 0 aliphatic carbocycles. The number of rotatable bonds is 6. The van der Waals surface area contributed by atoms with Gasteiger partial charge in [0.1, 0.15) is 5.69 Å². The number of carboxylic acids is 1. The van der Waals surface area contributed by atoms with Crippen molar-refractivity contribution < 1.29 is 14.8 Å². The summed E-state index contributed by atoms with van der Waals surface area (Å²) in [6, 6.07) is 0. The number of hydrogen-bond donors (Lipinski definition) is 2. The van der Waals surface area contributed by atoms with Crippen LogP contribution in [-0.2, 0) is 13.5 Å². The summed E-state index contributed by atoms with van der Waals surface area (Å²) in [5, 5.41) is 28.9. The number of aromatic nitrogens is 3.